The molecule has 0 fully saturated rings. The van der Waals surface area contributed by atoms with Crippen LogP contribution in [0.4, 0.5) is 5.69 Å². The van der Waals surface area contributed by atoms with Gasteiger partial charge in [0.25, 0.3) is 5.56 Å². The molecule has 2 heterocycles. The molecule has 0 N–H and O–H groups in total. The van der Waals surface area contributed by atoms with Gasteiger partial charge in [0.1, 0.15) is 6.04 Å². The molecule has 1 aliphatic heterocycles. The SMILES string of the molecule is CCOC(=O)C1=C(C)N=c2sc(=Cc3ccc(N(C)C)cc3)c(=O)n2[C@H]1c1ccccc1Cl. The van der Waals surface area contributed by atoms with Gasteiger partial charge < -0.3 is 9.64 Å². The molecule has 0 saturated carbocycles. The third kappa shape index (κ3) is 4.38. The number of benzene rings is 2. The van der Waals surface area contributed by atoms with Gasteiger partial charge in [-0.3, -0.25) is 9.36 Å². The molecule has 0 radical (unpaired) electrons. The van der Waals surface area contributed by atoms with E-state index in [0.29, 0.717) is 31.2 Å². The van der Waals surface area contributed by atoms with Gasteiger partial charge in [-0.05, 0) is 49.2 Å². The van der Waals surface area contributed by atoms with Crippen LogP contribution in [0.15, 0.2) is 69.6 Å². The lowest BCUT2D eigenvalue weighted by Crippen LogP contribution is -2.40. The summed E-state index contributed by atoms with van der Waals surface area (Å²) in [4.78, 5) is 33.6. The first-order valence-corrected chi connectivity index (χ1v) is 11.7. The highest BCUT2D eigenvalue weighted by atomic mass is 35.5. The van der Waals surface area contributed by atoms with Crippen molar-refractivity contribution in [3.05, 3.63) is 95.6 Å². The quantitative estimate of drug-likeness (QED) is 0.523. The van der Waals surface area contributed by atoms with Crippen LogP contribution in [-0.2, 0) is 9.53 Å². The number of nitrogens with zero attached hydrogens (tertiary/aromatic N) is 3. The van der Waals surface area contributed by atoms with Crippen LogP contribution in [0.25, 0.3) is 6.08 Å². The van der Waals surface area contributed by atoms with Crippen molar-refractivity contribution in [2.45, 2.75) is 19.9 Å². The number of anilines is 1. The van der Waals surface area contributed by atoms with Crippen molar-refractivity contribution in [3.63, 3.8) is 0 Å². The van der Waals surface area contributed by atoms with E-state index in [4.69, 9.17) is 16.3 Å². The Morgan fingerprint density at radius 1 is 1.21 bits per heavy atom. The second-order valence-corrected chi connectivity index (χ2v) is 9.23. The number of carbonyl (C=O) groups excluding carboxylic acids is 1. The highest BCUT2D eigenvalue weighted by Gasteiger charge is 2.34. The van der Waals surface area contributed by atoms with Crippen molar-refractivity contribution in [1.82, 2.24) is 4.57 Å². The first-order valence-electron chi connectivity index (χ1n) is 10.5. The van der Waals surface area contributed by atoms with Gasteiger partial charge in [0.15, 0.2) is 4.80 Å². The van der Waals surface area contributed by atoms with E-state index in [1.165, 1.54) is 11.3 Å². The molecule has 4 rings (SSSR count). The maximum atomic E-state index is 13.6. The summed E-state index contributed by atoms with van der Waals surface area (Å²) in [6, 6.07) is 14.4. The number of hydrogen-bond acceptors (Lipinski definition) is 6. The summed E-state index contributed by atoms with van der Waals surface area (Å²) in [6.07, 6.45) is 1.84. The van der Waals surface area contributed by atoms with E-state index in [2.05, 4.69) is 4.99 Å². The smallest absolute Gasteiger partial charge is 0.338 e. The number of esters is 1. The van der Waals surface area contributed by atoms with Crippen molar-refractivity contribution in [2.75, 3.05) is 25.6 Å². The summed E-state index contributed by atoms with van der Waals surface area (Å²) < 4.78 is 7.38. The number of aromatic nitrogens is 1. The van der Waals surface area contributed by atoms with Crippen LogP contribution in [0.5, 0.6) is 0 Å². The number of ether oxygens (including phenoxy) is 1. The molecule has 170 valence electrons. The van der Waals surface area contributed by atoms with Crippen molar-refractivity contribution in [2.24, 2.45) is 4.99 Å². The summed E-state index contributed by atoms with van der Waals surface area (Å²) in [6.45, 7) is 3.72. The molecular formula is C25H24ClN3O3S. The van der Waals surface area contributed by atoms with Gasteiger partial charge in [-0.25, -0.2) is 9.79 Å². The summed E-state index contributed by atoms with van der Waals surface area (Å²) >= 11 is 7.81. The Labute approximate surface area is 200 Å². The highest BCUT2D eigenvalue weighted by molar-refractivity contribution is 7.07. The van der Waals surface area contributed by atoms with E-state index in [1.807, 2.05) is 67.5 Å². The Kier molecular flexibility index (Phi) is 6.54. The second-order valence-electron chi connectivity index (χ2n) is 7.81. The molecule has 1 aliphatic rings. The molecule has 1 atom stereocenters. The molecule has 0 amide bonds. The van der Waals surface area contributed by atoms with Crippen molar-refractivity contribution >= 4 is 40.7 Å². The number of hydrogen-bond donors (Lipinski definition) is 0. The number of thiazole rings is 1. The van der Waals surface area contributed by atoms with E-state index in [1.54, 1.807) is 24.5 Å². The molecule has 6 nitrogen and oxygen atoms in total. The monoisotopic (exact) mass is 481 g/mol. The minimum Gasteiger partial charge on any atom is -0.463 e. The van der Waals surface area contributed by atoms with Gasteiger partial charge in [-0.1, -0.05) is 53.3 Å². The Morgan fingerprint density at radius 3 is 2.55 bits per heavy atom. The Balaban J connectivity index is 1.92. The molecule has 0 aliphatic carbocycles. The molecule has 33 heavy (non-hydrogen) atoms. The van der Waals surface area contributed by atoms with Crippen molar-refractivity contribution in [3.8, 4) is 0 Å². The van der Waals surface area contributed by atoms with Crippen LogP contribution in [0.2, 0.25) is 5.02 Å². The molecule has 0 spiro atoms. The molecule has 0 unspecified atom stereocenters. The maximum Gasteiger partial charge on any atom is 0.338 e. The molecular weight excluding hydrogens is 458 g/mol. The molecule has 3 aromatic rings. The number of rotatable bonds is 5. The zero-order valence-electron chi connectivity index (χ0n) is 18.8. The summed E-state index contributed by atoms with van der Waals surface area (Å²) in [5.74, 6) is -0.503. The van der Waals surface area contributed by atoms with Crippen LogP contribution in [0, 0.1) is 0 Å². The minimum atomic E-state index is -0.715. The fourth-order valence-electron chi connectivity index (χ4n) is 3.80. The lowest BCUT2D eigenvalue weighted by atomic mass is 9.96. The van der Waals surface area contributed by atoms with E-state index in [9.17, 15) is 9.59 Å². The fourth-order valence-corrected chi connectivity index (χ4v) is 5.09. The number of halogens is 1. The van der Waals surface area contributed by atoms with E-state index in [0.717, 1.165) is 11.3 Å². The van der Waals surface area contributed by atoms with Gasteiger partial charge in [-0.15, -0.1) is 0 Å². The Bertz CT molecular complexity index is 1420. The number of allylic oxidation sites excluding steroid dienone is 1. The molecule has 1 aromatic heterocycles. The van der Waals surface area contributed by atoms with Gasteiger partial charge in [0.05, 0.1) is 22.4 Å². The summed E-state index contributed by atoms with van der Waals surface area (Å²) in [7, 11) is 3.95. The van der Waals surface area contributed by atoms with Crippen LogP contribution in [0.1, 0.15) is 31.0 Å². The van der Waals surface area contributed by atoms with Gasteiger partial charge in [0.2, 0.25) is 0 Å². The van der Waals surface area contributed by atoms with E-state index < -0.39 is 12.0 Å². The van der Waals surface area contributed by atoms with Crippen LogP contribution < -0.4 is 19.8 Å². The normalized spacial score (nSPS) is 15.8. The third-order valence-electron chi connectivity index (χ3n) is 5.42. The number of carbonyl (C=O) groups is 1. The van der Waals surface area contributed by atoms with Gasteiger partial charge in [-0.2, -0.15) is 0 Å². The Morgan fingerprint density at radius 2 is 1.91 bits per heavy atom. The predicted molar refractivity (Wildman–Crippen MR) is 133 cm³/mol. The minimum absolute atomic E-state index is 0.220. The van der Waals surface area contributed by atoms with Crippen LogP contribution in [0.3, 0.4) is 0 Å². The third-order valence-corrected chi connectivity index (χ3v) is 6.75. The van der Waals surface area contributed by atoms with Crippen LogP contribution in [-0.4, -0.2) is 31.2 Å². The predicted octanol–water partition coefficient (Wildman–Crippen LogP) is 3.52. The standard InChI is InChI=1S/C25H24ClN3O3S/c1-5-32-24(31)21-15(2)27-25-29(22(21)18-8-6-7-9-19(18)26)23(30)20(33-25)14-16-10-12-17(13-11-16)28(3)4/h6-14,22H,5H2,1-4H3/t22-/m0/s1. The first-order chi connectivity index (χ1) is 15.8. The largest absolute Gasteiger partial charge is 0.463 e. The Hall–Kier alpha value is -3.16. The average Bonchev–Trinajstić information content (AvgIpc) is 3.08. The summed E-state index contributed by atoms with van der Waals surface area (Å²) in [5.41, 5.74) is 3.23. The lowest BCUT2D eigenvalue weighted by molar-refractivity contribution is -0.139. The molecule has 0 saturated heterocycles. The number of fused-ring (bicyclic) bond motifs is 1. The first kappa shape index (κ1) is 23.0. The molecule has 2 aromatic carbocycles. The summed E-state index contributed by atoms with van der Waals surface area (Å²) in [5, 5.41) is 0.466. The zero-order chi connectivity index (χ0) is 23.7. The maximum absolute atomic E-state index is 13.6. The zero-order valence-corrected chi connectivity index (χ0v) is 20.4. The van der Waals surface area contributed by atoms with Crippen LogP contribution >= 0.6 is 22.9 Å². The average molecular weight is 482 g/mol. The van der Waals surface area contributed by atoms with Crippen molar-refractivity contribution < 1.29 is 9.53 Å². The van der Waals surface area contributed by atoms with E-state index >= 15 is 0 Å². The second kappa shape index (κ2) is 9.37. The highest BCUT2D eigenvalue weighted by Crippen LogP contribution is 2.34. The van der Waals surface area contributed by atoms with E-state index in [-0.39, 0.29) is 12.2 Å². The fraction of sp³-hybridized carbons (Fsp3) is 0.240. The molecule has 0 bridgehead atoms. The van der Waals surface area contributed by atoms with Crippen molar-refractivity contribution in [1.29, 1.82) is 0 Å². The lowest BCUT2D eigenvalue weighted by Gasteiger charge is -2.25. The van der Waals surface area contributed by atoms with Gasteiger partial charge >= 0.3 is 5.97 Å². The van der Waals surface area contributed by atoms with Gasteiger partial charge in [0, 0.05) is 24.8 Å². The topological polar surface area (TPSA) is 63.9 Å². The molecule has 8 heteroatoms.